The molecule has 0 spiro atoms. The van der Waals surface area contributed by atoms with Gasteiger partial charge in [-0.2, -0.15) is 0 Å². The van der Waals surface area contributed by atoms with Crippen molar-refractivity contribution in [2.45, 2.75) is 24.9 Å². The Labute approximate surface area is 130 Å². The van der Waals surface area contributed by atoms with Crippen LogP contribution in [0.2, 0.25) is 0 Å². The predicted molar refractivity (Wildman–Crippen MR) is 85.0 cm³/mol. The molecule has 0 bridgehead atoms. The van der Waals surface area contributed by atoms with Crippen LogP contribution < -0.4 is 0 Å². The third-order valence-corrected chi connectivity index (χ3v) is 5.00. The molecule has 110 valence electrons. The molecule has 3 rings (SSSR count). The van der Waals surface area contributed by atoms with E-state index in [0.29, 0.717) is 13.0 Å². The second kappa shape index (κ2) is 6.44. The number of aromatic nitrogens is 3. The molecule has 5 nitrogen and oxygen atoms in total. The van der Waals surface area contributed by atoms with Gasteiger partial charge in [0.1, 0.15) is 0 Å². The fourth-order valence-corrected chi connectivity index (χ4v) is 3.97. The van der Waals surface area contributed by atoms with Crippen LogP contribution in [0.5, 0.6) is 0 Å². The van der Waals surface area contributed by atoms with Crippen molar-refractivity contribution < 1.29 is 9.53 Å². The van der Waals surface area contributed by atoms with Gasteiger partial charge in [0.15, 0.2) is 5.16 Å². The number of nitrogens with zero attached hydrogens (tertiary/aromatic N) is 3. The van der Waals surface area contributed by atoms with E-state index in [1.165, 1.54) is 4.70 Å². The molecule has 2 heterocycles. The fourth-order valence-electron chi connectivity index (χ4n) is 2.06. The van der Waals surface area contributed by atoms with Crippen molar-refractivity contribution in [2.75, 3.05) is 12.4 Å². The molecule has 0 radical (unpaired) electrons. The van der Waals surface area contributed by atoms with Gasteiger partial charge in [-0.05, 0) is 25.5 Å². The first kappa shape index (κ1) is 14.3. The highest BCUT2D eigenvalue weighted by Crippen LogP contribution is 2.29. The molecule has 0 amide bonds. The Balaban J connectivity index is 1.68. The molecule has 2 aromatic heterocycles. The number of esters is 1. The van der Waals surface area contributed by atoms with E-state index in [2.05, 4.69) is 26.7 Å². The van der Waals surface area contributed by atoms with Gasteiger partial charge in [0.05, 0.1) is 16.8 Å². The van der Waals surface area contributed by atoms with Crippen LogP contribution in [-0.2, 0) is 9.53 Å². The average Bonchev–Trinajstić information content (AvgIpc) is 3.03. The van der Waals surface area contributed by atoms with E-state index in [1.54, 1.807) is 23.1 Å². The molecule has 0 saturated carbocycles. The molecule has 0 fully saturated rings. The molecule has 0 unspecified atom stereocenters. The Kier molecular flexibility index (Phi) is 4.40. The van der Waals surface area contributed by atoms with E-state index in [9.17, 15) is 4.79 Å². The molecule has 0 N–H and O–H groups in total. The summed E-state index contributed by atoms with van der Waals surface area (Å²) in [7, 11) is 0. The van der Waals surface area contributed by atoms with E-state index in [0.717, 1.165) is 27.8 Å². The number of thioether (sulfide) groups is 1. The first-order valence-corrected chi connectivity index (χ1v) is 8.61. The SMILES string of the molecule is CCOC(=O)CCCSc1nnc2sc3ccccc3n12. The minimum absolute atomic E-state index is 0.134. The minimum atomic E-state index is -0.134. The lowest BCUT2D eigenvalue weighted by Crippen LogP contribution is -2.03. The first-order chi connectivity index (χ1) is 10.3. The third kappa shape index (κ3) is 3.03. The highest BCUT2D eigenvalue weighted by Gasteiger charge is 2.12. The number of thiazole rings is 1. The second-order valence-electron chi connectivity index (χ2n) is 4.43. The monoisotopic (exact) mass is 321 g/mol. The maximum Gasteiger partial charge on any atom is 0.305 e. The van der Waals surface area contributed by atoms with Gasteiger partial charge < -0.3 is 4.74 Å². The van der Waals surface area contributed by atoms with Crippen molar-refractivity contribution >= 4 is 44.2 Å². The molecular formula is C14H15N3O2S2. The third-order valence-electron chi connectivity index (χ3n) is 2.97. The van der Waals surface area contributed by atoms with E-state index in [4.69, 9.17) is 4.74 Å². The molecule has 1 aromatic carbocycles. The smallest absolute Gasteiger partial charge is 0.305 e. The molecule has 0 aliphatic rings. The van der Waals surface area contributed by atoms with Crippen molar-refractivity contribution in [3.8, 4) is 0 Å². The number of rotatable bonds is 6. The number of hydrogen-bond donors (Lipinski definition) is 0. The van der Waals surface area contributed by atoms with Crippen molar-refractivity contribution in [3.63, 3.8) is 0 Å². The van der Waals surface area contributed by atoms with Crippen LogP contribution in [0.15, 0.2) is 29.4 Å². The van der Waals surface area contributed by atoms with Crippen molar-refractivity contribution in [1.82, 2.24) is 14.6 Å². The maximum atomic E-state index is 11.3. The van der Waals surface area contributed by atoms with Gasteiger partial charge in [-0.15, -0.1) is 10.2 Å². The molecule has 0 atom stereocenters. The van der Waals surface area contributed by atoms with Crippen molar-refractivity contribution in [3.05, 3.63) is 24.3 Å². The molecule has 0 aliphatic carbocycles. The van der Waals surface area contributed by atoms with E-state index in [1.807, 2.05) is 19.1 Å². The number of benzene rings is 1. The van der Waals surface area contributed by atoms with Crippen molar-refractivity contribution in [1.29, 1.82) is 0 Å². The lowest BCUT2D eigenvalue weighted by molar-refractivity contribution is -0.143. The number of ether oxygens (including phenoxy) is 1. The van der Waals surface area contributed by atoms with Crippen LogP contribution in [0.1, 0.15) is 19.8 Å². The Morgan fingerprint density at radius 3 is 3.10 bits per heavy atom. The largest absolute Gasteiger partial charge is 0.466 e. The Hall–Kier alpha value is -1.60. The fraction of sp³-hybridized carbons (Fsp3) is 0.357. The number of carbonyl (C=O) groups excluding carboxylic acids is 1. The second-order valence-corrected chi connectivity index (χ2v) is 6.50. The van der Waals surface area contributed by atoms with Gasteiger partial charge in [-0.25, -0.2) is 0 Å². The summed E-state index contributed by atoms with van der Waals surface area (Å²) in [4.78, 5) is 12.2. The van der Waals surface area contributed by atoms with E-state index >= 15 is 0 Å². The van der Waals surface area contributed by atoms with E-state index < -0.39 is 0 Å². The highest BCUT2D eigenvalue weighted by atomic mass is 32.2. The predicted octanol–water partition coefficient (Wildman–Crippen LogP) is 3.38. The summed E-state index contributed by atoms with van der Waals surface area (Å²) in [5, 5.41) is 9.33. The normalized spacial score (nSPS) is 11.3. The lowest BCUT2D eigenvalue weighted by atomic mass is 10.3. The van der Waals surface area contributed by atoms with Crippen LogP contribution in [0, 0.1) is 0 Å². The maximum absolute atomic E-state index is 11.3. The minimum Gasteiger partial charge on any atom is -0.466 e. The van der Waals surface area contributed by atoms with Gasteiger partial charge in [0.2, 0.25) is 4.96 Å². The van der Waals surface area contributed by atoms with Crippen LogP contribution in [-0.4, -0.2) is 32.9 Å². The van der Waals surface area contributed by atoms with Gasteiger partial charge in [0, 0.05) is 12.2 Å². The molecular weight excluding hydrogens is 306 g/mol. The molecule has 21 heavy (non-hydrogen) atoms. The van der Waals surface area contributed by atoms with E-state index in [-0.39, 0.29) is 5.97 Å². The van der Waals surface area contributed by atoms with Crippen LogP contribution in [0.3, 0.4) is 0 Å². The summed E-state index contributed by atoms with van der Waals surface area (Å²) in [5.74, 6) is 0.689. The Bertz CT molecular complexity index is 766. The Morgan fingerprint density at radius 2 is 2.24 bits per heavy atom. The number of para-hydroxylation sites is 1. The molecule has 0 aliphatic heterocycles. The summed E-state index contributed by atoms with van der Waals surface area (Å²) in [6.45, 7) is 2.26. The summed E-state index contributed by atoms with van der Waals surface area (Å²) in [6, 6.07) is 8.20. The first-order valence-electron chi connectivity index (χ1n) is 6.80. The van der Waals surface area contributed by atoms with Crippen LogP contribution >= 0.6 is 23.1 Å². The summed E-state index contributed by atoms with van der Waals surface area (Å²) in [5.41, 5.74) is 1.13. The van der Waals surface area contributed by atoms with Gasteiger partial charge >= 0.3 is 5.97 Å². The number of hydrogen-bond acceptors (Lipinski definition) is 6. The highest BCUT2D eigenvalue weighted by molar-refractivity contribution is 7.99. The number of fused-ring (bicyclic) bond motifs is 3. The molecule has 3 aromatic rings. The summed E-state index contributed by atoms with van der Waals surface area (Å²) in [6.07, 6.45) is 1.23. The topological polar surface area (TPSA) is 56.5 Å². The van der Waals surface area contributed by atoms with Crippen LogP contribution in [0.25, 0.3) is 15.2 Å². The quantitative estimate of drug-likeness (QED) is 0.396. The summed E-state index contributed by atoms with van der Waals surface area (Å²) >= 11 is 3.26. The summed E-state index contributed by atoms with van der Waals surface area (Å²) < 4.78 is 8.20. The number of carbonyl (C=O) groups is 1. The van der Waals surface area contributed by atoms with Gasteiger partial charge in [0.25, 0.3) is 0 Å². The van der Waals surface area contributed by atoms with Gasteiger partial charge in [-0.3, -0.25) is 9.20 Å². The lowest BCUT2D eigenvalue weighted by Gasteiger charge is -2.01. The van der Waals surface area contributed by atoms with Crippen LogP contribution in [0.4, 0.5) is 0 Å². The van der Waals surface area contributed by atoms with Crippen molar-refractivity contribution in [2.24, 2.45) is 0 Å². The Morgan fingerprint density at radius 1 is 1.38 bits per heavy atom. The molecule has 7 heteroatoms. The zero-order valence-electron chi connectivity index (χ0n) is 11.6. The zero-order valence-corrected chi connectivity index (χ0v) is 13.2. The molecule has 0 saturated heterocycles. The zero-order chi connectivity index (χ0) is 14.7. The average molecular weight is 321 g/mol. The van der Waals surface area contributed by atoms with Gasteiger partial charge in [-0.1, -0.05) is 35.2 Å². The standard InChI is InChI=1S/C14H15N3O2S2/c1-2-19-12(18)8-5-9-20-13-15-16-14-17(13)10-6-3-4-7-11(10)21-14/h3-4,6-7H,2,5,8-9H2,1H3.